The van der Waals surface area contributed by atoms with Crippen LogP contribution in [-0.2, 0) is 11.2 Å². The molecule has 90 valence electrons. The Labute approximate surface area is 94.6 Å². The van der Waals surface area contributed by atoms with Gasteiger partial charge < -0.3 is 10.1 Å². The Bertz CT molecular complexity index is 342. The predicted octanol–water partition coefficient (Wildman–Crippen LogP) is 2.05. The lowest BCUT2D eigenvalue weighted by molar-refractivity contribution is 0.199. The first-order valence-corrected chi connectivity index (χ1v) is 5.30. The van der Waals surface area contributed by atoms with E-state index in [0.29, 0.717) is 37.2 Å². The van der Waals surface area contributed by atoms with Crippen LogP contribution in [0.25, 0.3) is 0 Å². The van der Waals surface area contributed by atoms with Gasteiger partial charge in [0.15, 0.2) is 11.6 Å². The maximum atomic E-state index is 13.4. The Hall–Kier alpha value is -1.00. The lowest BCUT2D eigenvalue weighted by Gasteiger charge is -2.07. The third-order valence-electron chi connectivity index (χ3n) is 2.41. The molecule has 0 aliphatic rings. The number of benzene rings is 1. The lowest BCUT2D eigenvalue weighted by atomic mass is 10.1. The molecule has 0 heterocycles. The van der Waals surface area contributed by atoms with Gasteiger partial charge in [0.25, 0.3) is 0 Å². The molecule has 16 heavy (non-hydrogen) atoms. The van der Waals surface area contributed by atoms with E-state index < -0.39 is 11.6 Å². The fourth-order valence-corrected chi connectivity index (χ4v) is 1.40. The molecule has 0 spiro atoms. The molecule has 0 aromatic heterocycles. The fraction of sp³-hybridized carbons (Fsp3) is 0.500. The minimum Gasteiger partial charge on any atom is -0.383 e. The topological polar surface area (TPSA) is 21.3 Å². The van der Waals surface area contributed by atoms with E-state index in [9.17, 15) is 8.78 Å². The minimum absolute atomic E-state index is 0.341. The van der Waals surface area contributed by atoms with Crippen LogP contribution in [-0.4, -0.2) is 26.8 Å². The van der Waals surface area contributed by atoms with Gasteiger partial charge in [-0.25, -0.2) is 8.78 Å². The van der Waals surface area contributed by atoms with Gasteiger partial charge in [-0.3, -0.25) is 0 Å². The van der Waals surface area contributed by atoms with Crippen LogP contribution in [0.15, 0.2) is 12.1 Å². The first-order valence-electron chi connectivity index (χ1n) is 5.30. The standard InChI is InChI=1S/C12H17F2NO/c1-9-3-4-10(12(14)11(9)13)5-6-15-7-8-16-2/h3-4,15H,5-8H2,1-2H3. The van der Waals surface area contributed by atoms with E-state index in [1.807, 2.05) is 0 Å². The largest absolute Gasteiger partial charge is 0.383 e. The van der Waals surface area contributed by atoms with Crippen molar-refractivity contribution in [3.63, 3.8) is 0 Å². The van der Waals surface area contributed by atoms with Crippen molar-refractivity contribution in [1.29, 1.82) is 0 Å². The molecule has 0 radical (unpaired) electrons. The smallest absolute Gasteiger partial charge is 0.162 e. The number of rotatable bonds is 6. The first-order chi connectivity index (χ1) is 7.66. The molecule has 0 atom stereocenters. The van der Waals surface area contributed by atoms with Crippen molar-refractivity contribution < 1.29 is 13.5 Å². The molecule has 2 nitrogen and oxygen atoms in total. The van der Waals surface area contributed by atoms with Gasteiger partial charge in [-0.2, -0.15) is 0 Å². The van der Waals surface area contributed by atoms with Gasteiger partial charge in [-0.15, -0.1) is 0 Å². The quantitative estimate of drug-likeness (QED) is 0.754. The van der Waals surface area contributed by atoms with Crippen molar-refractivity contribution in [1.82, 2.24) is 5.32 Å². The second kappa shape index (κ2) is 6.55. The number of hydrogen-bond donors (Lipinski definition) is 1. The highest BCUT2D eigenvalue weighted by Gasteiger charge is 2.09. The van der Waals surface area contributed by atoms with Crippen molar-refractivity contribution in [2.75, 3.05) is 26.8 Å². The maximum absolute atomic E-state index is 13.4. The molecule has 0 bridgehead atoms. The Morgan fingerprint density at radius 3 is 2.62 bits per heavy atom. The van der Waals surface area contributed by atoms with Crippen LogP contribution in [0.4, 0.5) is 8.78 Å². The lowest BCUT2D eigenvalue weighted by Crippen LogP contribution is -2.22. The van der Waals surface area contributed by atoms with Crippen LogP contribution in [0.3, 0.4) is 0 Å². The van der Waals surface area contributed by atoms with E-state index in [1.54, 1.807) is 26.2 Å². The highest BCUT2D eigenvalue weighted by Crippen LogP contribution is 2.15. The number of halogens is 2. The van der Waals surface area contributed by atoms with Crippen LogP contribution >= 0.6 is 0 Å². The molecule has 4 heteroatoms. The van der Waals surface area contributed by atoms with E-state index in [2.05, 4.69) is 5.32 Å². The van der Waals surface area contributed by atoms with Gasteiger partial charge in [-0.05, 0) is 31.0 Å². The molecule has 1 rings (SSSR count). The summed E-state index contributed by atoms with van der Waals surface area (Å²) in [6, 6.07) is 3.23. The Morgan fingerprint density at radius 1 is 1.19 bits per heavy atom. The zero-order valence-corrected chi connectivity index (χ0v) is 9.65. The van der Waals surface area contributed by atoms with E-state index in [0.717, 1.165) is 0 Å². The van der Waals surface area contributed by atoms with Gasteiger partial charge in [0.2, 0.25) is 0 Å². The third kappa shape index (κ3) is 3.54. The highest BCUT2D eigenvalue weighted by atomic mass is 19.2. The molecule has 1 N–H and O–H groups in total. The van der Waals surface area contributed by atoms with E-state index in [4.69, 9.17) is 4.74 Å². The van der Waals surface area contributed by atoms with Gasteiger partial charge >= 0.3 is 0 Å². The van der Waals surface area contributed by atoms with Crippen molar-refractivity contribution in [3.8, 4) is 0 Å². The normalized spacial score (nSPS) is 10.8. The third-order valence-corrected chi connectivity index (χ3v) is 2.41. The van der Waals surface area contributed by atoms with Crippen LogP contribution < -0.4 is 5.32 Å². The van der Waals surface area contributed by atoms with Crippen molar-refractivity contribution in [3.05, 3.63) is 34.9 Å². The van der Waals surface area contributed by atoms with Gasteiger partial charge in [0.1, 0.15) is 0 Å². The first kappa shape index (κ1) is 13.1. The molecule has 0 fully saturated rings. The number of aryl methyl sites for hydroxylation is 1. The minimum atomic E-state index is -0.741. The number of ether oxygens (including phenoxy) is 1. The summed E-state index contributed by atoms with van der Waals surface area (Å²) in [4.78, 5) is 0. The molecule has 0 amide bonds. The molecule has 0 aliphatic carbocycles. The monoisotopic (exact) mass is 229 g/mol. The Morgan fingerprint density at radius 2 is 1.94 bits per heavy atom. The summed E-state index contributed by atoms with van der Waals surface area (Å²) < 4.78 is 31.5. The average molecular weight is 229 g/mol. The van der Waals surface area contributed by atoms with E-state index in [1.165, 1.54) is 0 Å². The summed E-state index contributed by atoms with van der Waals surface area (Å²) in [5, 5.41) is 3.08. The Kier molecular flexibility index (Phi) is 5.35. The van der Waals surface area contributed by atoms with Crippen molar-refractivity contribution in [2.24, 2.45) is 0 Å². The molecule has 1 aromatic carbocycles. The summed E-state index contributed by atoms with van der Waals surface area (Å²) in [6.45, 7) is 3.50. The second-order valence-electron chi connectivity index (χ2n) is 3.66. The van der Waals surface area contributed by atoms with E-state index in [-0.39, 0.29) is 0 Å². The second-order valence-corrected chi connectivity index (χ2v) is 3.66. The van der Waals surface area contributed by atoms with Crippen LogP contribution in [0.5, 0.6) is 0 Å². The molecular weight excluding hydrogens is 212 g/mol. The van der Waals surface area contributed by atoms with Gasteiger partial charge in [0, 0.05) is 13.7 Å². The molecule has 0 aliphatic heterocycles. The molecule has 1 aromatic rings. The number of methoxy groups -OCH3 is 1. The van der Waals surface area contributed by atoms with Crippen LogP contribution in [0, 0.1) is 18.6 Å². The molecule has 0 saturated heterocycles. The Balaban J connectivity index is 2.45. The molecule has 0 unspecified atom stereocenters. The SMILES string of the molecule is COCCNCCc1ccc(C)c(F)c1F. The summed E-state index contributed by atoms with van der Waals surface area (Å²) in [5.74, 6) is -1.47. The van der Waals surface area contributed by atoms with Gasteiger partial charge in [-0.1, -0.05) is 12.1 Å². The average Bonchev–Trinajstić information content (AvgIpc) is 2.28. The van der Waals surface area contributed by atoms with Crippen LogP contribution in [0.2, 0.25) is 0 Å². The van der Waals surface area contributed by atoms with Crippen molar-refractivity contribution >= 4 is 0 Å². The number of nitrogens with one attached hydrogen (secondary N) is 1. The number of hydrogen-bond acceptors (Lipinski definition) is 2. The van der Waals surface area contributed by atoms with Crippen molar-refractivity contribution in [2.45, 2.75) is 13.3 Å². The fourth-order valence-electron chi connectivity index (χ4n) is 1.40. The highest BCUT2D eigenvalue weighted by molar-refractivity contribution is 5.25. The van der Waals surface area contributed by atoms with E-state index >= 15 is 0 Å². The zero-order valence-electron chi connectivity index (χ0n) is 9.65. The predicted molar refractivity (Wildman–Crippen MR) is 59.5 cm³/mol. The maximum Gasteiger partial charge on any atom is 0.162 e. The van der Waals surface area contributed by atoms with Gasteiger partial charge in [0.05, 0.1) is 6.61 Å². The summed E-state index contributed by atoms with van der Waals surface area (Å²) in [6.07, 6.45) is 0.479. The molecule has 0 saturated carbocycles. The summed E-state index contributed by atoms with van der Waals surface area (Å²) >= 11 is 0. The summed E-state index contributed by atoms with van der Waals surface area (Å²) in [5.41, 5.74) is 0.751. The molecular formula is C12H17F2NO. The summed E-state index contributed by atoms with van der Waals surface area (Å²) in [7, 11) is 1.62. The van der Waals surface area contributed by atoms with Crippen LogP contribution in [0.1, 0.15) is 11.1 Å². The zero-order chi connectivity index (χ0) is 12.0.